The third-order valence-corrected chi connectivity index (χ3v) is 4.98. The molecule has 0 unspecified atom stereocenters. The van der Waals surface area contributed by atoms with E-state index in [9.17, 15) is 8.42 Å². The number of nitrogens with one attached hydrogen (secondary N) is 2. The van der Waals surface area contributed by atoms with E-state index in [1.165, 1.54) is 0 Å². The maximum Gasteiger partial charge on any atom is 0.254 e. The normalized spacial score (nSPS) is 17.0. The van der Waals surface area contributed by atoms with E-state index in [0.717, 1.165) is 12.1 Å². The molecule has 6 nitrogen and oxygen atoms in total. The Bertz CT molecular complexity index is 574. The maximum absolute atomic E-state index is 12.4. The smallest absolute Gasteiger partial charge is 0.254 e. The van der Waals surface area contributed by atoms with Crippen molar-refractivity contribution in [3.63, 3.8) is 0 Å². The van der Waals surface area contributed by atoms with Crippen LogP contribution in [-0.2, 0) is 21.3 Å². The molecule has 1 aliphatic rings. The zero-order chi connectivity index (χ0) is 15.3. The molecule has 0 aromatic heterocycles. The highest BCUT2D eigenvalue weighted by atomic mass is 35.5. The molecule has 1 aromatic carbocycles. The summed E-state index contributed by atoms with van der Waals surface area (Å²) in [6.45, 7) is 5.48. The lowest BCUT2D eigenvalue weighted by Crippen LogP contribution is -2.48. The molecule has 8 heteroatoms. The molecule has 0 amide bonds. The minimum Gasteiger partial charge on any atom is -0.379 e. The SMILES string of the molecule is CCNCc1ccc(Cl)c(S(=O)(=O)NN2CCOCC2)c1. The van der Waals surface area contributed by atoms with Gasteiger partial charge in [-0.25, -0.2) is 13.4 Å². The van der Waals surface area contributed by atoms with Gasteiger partial charge in [0.25, 0.3) is 10.0 Å². The Morgan fingerprint density at radius 3 is 2.71 bits per heavy atom. The molecule has 1 aliphatic heterocycles. The van der Waals surface area contributed by atoms with Crippen molar-refractivity contribution in [2.45, 2.75) is 18.4 Å². The molecule has 0 saturated carbocycles. The Balaban J connectivity index is 2.17. The second kappa shape index (κ2) is 7.53. The molecule has 21 heavy (non-hydrogen) atoms. The molecule has 0 bridgehead atoms. The van der Waals surface area contributed by atoms with E-state index in [-0.39, 0.29) is 9.92 Å². The lowest BCUT2D eigenvalue weighted by Gasteiger charge is -2.26. The third-order valence-electron chi connectivity index (χ3n) is 3.12. The Morgan fingerprint density at radius 2 is 2.05 bits per heavy atom. The predicted molar refractivity (Wildman–Crippen MR) is 81.5 cm³/mol. The van der Waals surface area contributed by atoms with Crippen molar-refractivity contribution >= 4 is 21.6 Å². The van der Waals surface area contributed by atoms with Gasteiger partial charge in [0.15, 0.2) is 0 Å². The van der Waals surface area contributed by atoms with Crippen molar-refractivity contribution in [1.82, 2.24) is 15.2 Å². The Hall–Kier alpha value is -0.700. The summed E-state index contributed by atoms with van der Waals surface area (Å²) < 4.78 is 30.1. The van der Waals surface area contributed by atoms with Gasteiger partial charge in [0, 0.05) is 19.6 Å². The number of halogens is 1. The number of sulfonamides is 1. The van der Waals surface area contributed by atoms with Crippen LogP contribution in [0.4, 0.5) is 0 Å². The number of nitrogens with zero attached hydrogens (tertiary/aromatic N) is 1. The largest absolute Gasteiger partial charge is 0.379 e. The fraction of sp³-hybridized carbons (Fsp3) is 0.538. The highest BCUT2D eigenvalue weighted by Crippen LogP contribution is 2.23. The van der Waals surface area contributed by atoms with Crippen LogP contribution in [0.5, 0.6) is 0 Å². The van der Waals surface area contributed by atoms with Gasteiger partial charge in [-0.15, -0.1) is 4.83 Å². The van der Waals surface area contributed by atoms with Gasteiger partial charge in [0.2, 0.25) is 0 Å². The quantitative estimate of drug-likeness (QED) is 0.812. The molecule has 0 atom stereocenters. The van der Waals surface area contributed by atoms with Gasteiger partial charge < -0.3 is 10.1 Å². The third kappa shape index (κ3) is 4.64. The molecule has 1 saturated heterocycles. The van der Waals surface area contributed by atoms with E-state index < -0.39 is 10.0 Å². The molecular weight excluding hydrogens is 314 g/mol. The molecule has 0 aliphatic carbocycles. The van der Waals surface area contributed by atoms with Gasteiger partial charge >= 0.3 is 0 Å². The Labute approximate surface area is 130 Å². The van der Waals surface area contributed by atoms with E-state index in [0.29, 0.717) is 32.8 Å². The van der Waals surface area contributed by atoms with Crippen LogP contribution in [0.2, 0.25) is 5.02 Å². The van der Waals surface area contributed by atoms with E-state index >= 15 is 0 Å². The number of benzene rings is 1. The first kappa shape index (κ1) is 16.7. The lowest BCUT2D eigenvalue weighted by atomic mass is 10.2. The Kier molecular flexibility index (Phi) is 5.98. The van der Waals surface area contributed by atoms with Crippen molar-refractivity contribution in [2.24, 2.45) is 0 Å². The minimum absolute atomic E-state index is 0.103. The van der Waals surface area contributed by atoms with Gasteiger partial charge in [0.05, 0.1) is 18.2 Å². The van der Waals surface area contributed by atoms with Crippen molar-refractivity contribution in [2.75, 3.05) is 32.8 Å². The summed E-state index contributed by atoms with van der Waals surface area (Å²) in [5, 5.41) is 5.01. The molecule has 2 N–H and O–H groups in total. The maximum atomic E-state index is 12.4. The molecule has 1 fully saturated rings. The molecule has 1 aromatic rings. The van der Waals surface area contributed by atoms with E-state index in [4.69, 9.17) is 16.3 Å². The van der Waals surface area contributed by atoms with Crippen LogP contribution >= 0.6 is 11.6 Å². The second-order valence-corrected chi connectivity index (χ2v) is 6.78. The molecule has 1 heterocycles. The zero-order valence-electron chi connectivity index (χ0n) is 11.9. The summed E-state index contributed by atoms with van der Waals surface area (Å²) in [6, 6.07) is 5.04. The van der Waals surface area contributed by atoms with Crippen LogP contribution < -0.4 is 10.1 Å². The van der Waals surface area contributed by atoms with Crippen LogP contribution in [0.1, 0.15) is 12.5 Å². The van der Waals surface area contributed by atoms with Crippen molar-refractivity contribution in [1.29, 1.82) is 0 Å². The van der Waals surface area contributed by atoms with Crippen LogP contribution in [0, 0.1) is 0 Å². The Morgan fingerprint density at radius 1 is 1.33 bits per heavy atom. The average molecular weight is 334 g/mol. The molecule has 118 valence electrons. The van der Waals surface area contributed by atoms with Gasteiger partial charge in [-0.05, 0) is 24.2 Å². The number of rotatable bonds is 6. The average Bonchev–Trinajstić information content (AvgIpc) is 2.47. The number of morpholine rings is 1. The summed E-state index contributed by atoms with van der Waals surface area (Å²) in [4.78, 5) is 2.66. The van der Waals surface area contributed by atoms with Gasteiger partial charge in [-0.3, -0.25) is 0 Å². The fourth-order valence-corrected chi connectivity index (χ4v) is 3.68. The number of hydrogen-bond donors (Lipinski definition) is 2. The summed E-state index contributed by atoms with van der Waals surface area (Å²) in [7, 11) is -3.68. The second-order valence-electron chi connectivity index (χ2n) is 4.74. The first-order valence-electron chi connectivity index (χ1n) is 6.87. The highest BCUT2D eigenvalue weighted by Gasteiger charge is 2.22. The van der Waals surface area contributed by atoms with Crippen LogP contribution in [0.15, 0.2) is 23.1 Å². The van der Waals surface area contributed by atoms with Crippen LogP contribution in [-0.4, -0.2) is 46.3 Å². The zero-order valence-corrected chi connectivity index (χ0v) is 13.5. The fourth-order valence-electron chi connectivity index (χ4n) is 2.01. The van der Waals surface area contributed by atoms with Gasteiger partial charge in [-0.1, -0.05) is 24.6 Å². The number of hydrazine groups is 1. The van der Waals surface area contributed by atoms with Gasteiger partial charge in [-0.2, -0.15) is 0 Å². The summed E-state index contributed by atoms with van der Waals surface area (Å²) in [6.07, 6.45) is 0. The first-order valence-corrected chi connectivity index (χ1v) is 8.73. The number of ether oxygens (including phenoxy) is 1. The minimum atomic E-state index is -3.68. The standard InChI is InChI=1S/C13H20ClN3O3S/c1-2-15-10-11-3-4-12(14)13(9-11)21(18,19)16-17-5-7-20-8-6-17/h3-4,9,15-16H,2,5-8,10H2,1H3. The van der Waals surface area contributed by atoms with Gasteiger partial charge in [0.1, 0.15) is 4.90 Å². The summed E-state index contributed by atoms with van der Waals surface area (Å²) >= 11 is 6.05. The molecule has 0 radical (unpaired) electrons. The van der Waals surface area contributed by atoms with E-state index in [2.05, 4.69) is 10.1 Å². The van der Waals surface area contributed by atoms with E-state index in [1.54, 1.807) is 17.1 Å². The molecular formula is C13H20ClN3O3S. The first-order chi connectivity index (χ1) is 10.0. The van der Waals surface area contributed by atoms with Crippen LogP contribution in [0.3, 0.4) is 0 Å². The van der Waals surface area contributed by atoms with Crippen molar-refractivity contribution < 1.29 is 13.2 Å². The molecule has 2 rings (SSSR count). The molecule has 0 spiro atoms. The van der Waals surface area contributed by atoms with E-state index in [1.807, 2.05) is 13.0 Å². The van der Waals surface area contributed by atoms with Crippen LogP contribution in [0.25, 0.3) is 0 Å². The summed E-state index contributed by atoms with van der Waals surface area (Å²) in [5.74, 6) is 0. The lowest BCUT2D eigenvalue weighted by molar-refractivity contribution is 0.0272. The predicted octanol–water partition coefficient (Wildman–Crippen LogP) is 0.975. The monoisotopic (exact) mass is 333 g/mol. The summed E-state index contributed by atoms with van der Waals surface area (Å²) in [5.41, 5.74) is 0.878. The van der Waals surface area contributed by atoms with Crippen molar-refractivity contribution in [3.8, 4) is 0 Å². The highest BCUT2D eigenvalue weighted by molar-refractivity contribution is 7.89. The topological polar surface area (TPSA) is 70.7 Å². The number of hydrogen-bond acceptors (Lipinski definition) is 5. The van der Waals surface area contributed by atoms with Crippen molar-refractivity contribution in [3.05, 3.63) is 28.8 Å².